The second-order valence-electron chi connectivity index (χ2n) is 7.64. The molecule has 4 rings (SSSR count). The number of halogens is 1. The maximum Gasteiger partial charge on any atom is 0.332 e. The van der Waals surface area contributed by atoms with Crippen molar-refractivity contribution in [2.24, 2.45) is 7.05 Å². The Morgan fingerprint density at radius 2 is 1.81 bits per heavy atom. The molecule has 0 aliphatic rings. The van der Waals surface area contributed by atoms with Crippen LogP contribution >= 0.6 is 0 Å². The molecule has 0 aliphatic heterocycles. The molecule has 0 saturated carbocycles. The van der Waals surface area contributed by atoms with Crippen molar-refractivity contribution in [2.75, 3.05) is 0 Å². The minimum Gasteiger partial charge on any atom is -0.428 e. The van der Waals surface area contributed by atoms with Crippen LogP contribution in [-0.4, -0.2) is 18.5 Å². The number of aryl methyl sites for hydroxylation is 1. The standard InChI is InChI=1S/C19H19FN4O3/c1-19(2,3)13-10-23-14-15(21-17(23)27-13)22(4)18(26)24(16(14)25)9-11-5-7-12(20)8-6-11/h5-8,10H,9H2,1-4H3. The van der Waals surface area contributed by atoms with Crippen molar-refractivity contribution in [2.45, 2.75) is 32.7 Å². The third-order valence-electron chi connectivity index (χ3n) is 4.58. The number of oxazole rings is 1. The fourth-order valence-electron chi connectivity index (χ4n) is 3.01. The molecular weight excluding hydrogens is 351 g/mol. The highest BCUT2D eigenvalue weighted by Crippen LogP contribution is 2.26. The smallest absolute Gasteiger partial charge is 0.332 e. The molecule has 140 valence electrons. The largest absolute Gasteiger partial charge is 0.428 e. The lowest BCUT2D eigenvalue weighted by molar-refractivity contribution is 0.425. The van der Waals surface area contributed by atoms with Gasteiger partial charge in [0.05, 0.1) is 12.7 Å². The Labute approximate surface area is 153 Å². The van der Waals surface area contributed by atoms with E-state index >= 15 is 0 Å². The van der Waals surface area contributed by atoms with Crippen LogP contribution < -0.4 is 11.2 Å². The van der Waals surface area contributed by atoms with E-state index in [9.17, 15) is 14.0 Å². The van der Waals surface area contributed by atoms with E-state index in [0.717, 1.165) is 4.57 Å². The van der Waals surface area contributed by atoms with E-state index in [2.05, 4.69) is 4.98 Å². The first-order valence-corrected chi connectivity index (χ1v) is 8.53. The van der Waals surface area contributed by atoms with Gasteiger partial charge in [0.15, 0.2) is 11.2 Å². The molecule has 0 amide bonds. The maximum absolute atomic E-state index is 13.1. The number of imidazole rings is 1. The highest BCUT2D eigenvalue weighted by Gasteiger charge is 2.24. The fraction of sp³-hybridized carbons (Fsp3) is 0.316. The van der Waals surface area contributed by atoms with Gasteiger partial charge in [-0.15, -0.1) is 0 Å². The van der Waals surface area contributed by atoms with Gasteiger partial charge in [0.2, 0.25) is 0 Å². The van der Waals surface area contributed by atoms with E-state index in [1.54, 1.807) is 29.8 Å². The Morgan fingerprint density at radius 1 is 1.15 bits per heavy atom. The van der Waals surface area contributed by atoms with Gasteiger partial charge in [0, 0.05) is 12.5 Å². The lowest BCUT2D eigenvalue weighted by Gasteiger charge is -2.13. The highest BCUT2D eigenvalue weighted by molar-refractivity contribution is 5.74. The summed E-state index contributed by atoms with van der Waals surface area (Å²) in [5, 5.41) is 0. The molecule has 0 radical (unpaired) electrons. The number of rotatable bonds is 2. The quantitative estimate of drug-likeness (QED) is 0.543. The lowest BCUT2D eigenvalue weighted by atomic mass is 9.94. The van der Waals surface area contributed by atoms with E-state index in [4.69, 9.17) is 4.42 Å². The fourth-order valence-corrected chi connectivity index (χ4v) is 3.01. The van der Waals surface area contributed by atoms with E-state index < -0.39 is 11.2 Å². The van der Waals surface area contributed by atoms with E-state index in [1.165, 1.54) is 16.7 Å². The molecule has 3 aromatic heterocycles. The van der Waals surface area contributed by atoms with E-state index in [1.807, 2.05) is 20.8 Å². The molecule has 0 atom stereocenters. The van der Waals surface area contributed by atoms with E-state index in [0.29, 0.717) is 11.3 Å². The van der Waals surface area contributed by atoms with Gasteiger partial charge in [-0.05, 0) is 17.7 Å². The average molecular weight is 370 g/mol. The minimum absolute atomic E-state index is 0.0406. The molecule has 4 aromatic rings. The predicted molar refractivity (Wildman–Crippen MR) is 98.7 cm³/mol. The van der Waals surface area contributed by atoms with Gasteiger partial charge in [-0.2, -0.15) is 4.98 Å². The Morgan fingerprint density at radius 3 is 2.44 bits per heavy atom. The molecule has 0 fully saturated rings. The van der Waals surface area contributed by atoms with Gasteiger partial charge >= 0.3 is 11.5 Å². The van der Waals surface area contributed by atoms with Gasteiger partial charge in [-0.3, -0.25) is 18.3 Å². The number of nitrogens with zero attached hydrogens (tertiary/aromatic N) is 4. The summed E-state index contributed by atoms with van der Waals surface area (Å²) >= 11 is 0. The number of benzene rings is 1. The van der Waals surface area contributed by atoms with Gasteiger partial charge in [-0.25, -0.2) is 9.18 Å². The number of aromatic nitrogens is 4. The van der Waals surface area contributed by atoms with Crippen molar-refractivity contribution < 1.29 is 8.81 Å². The lowest BCUT2D eigenvalue weighted by Crippen LogP contribution is -2.39. The van der Waals surface area contributed by atoms with Gasteiger partial charge < -0.3 is 4.42 Å². The summed E-state index contributed by atoms with van der Waals surface area (Å²) in [5.74, 6) is 0.576. The van der Waals surface area contributed by atoms with Gasteiger partial charge in [0.1, 0.15) is 11.6 Å². The summed E-state index contributed by atoms with van der Waals surface area (Å²) in [5.41, 5.74) is -0.0213. The van der Waals surface area contributed by atoms with Crippen molar-refractivity contribution in [1.82, 2.24) is 18.5 Å². The molecular formula is C19H19FN4O3. The third-order valence-corrected chi connectivity index (χ3v) is 4.58. The summed E-state index contributed by atoms with van der Waals surface area (Å²) in [6.07, 6.45) is 1.73. The Hall–Kier alpha value is -3.16. The molecule has 7 nitrogen and oxygen atoms in total. The number of fused-ring (bicyclic) bond motifs is 3. The zero-order valence-electron chi connectivity index (χ0n) is 15.5. The average Bonchev–Trinajstić information content (AvgIpc) is 3.16. The van der Waals surface area contributed by atoms with Crippen LogP contribution in [0.2, 0.25) is 0 Å². The van der Waals surface area contributed by atoms with Crippen LogP contribution in [0.25, 0.3) is 17.0 Å². The Kier molecular flexibility index (Phi) is 3.62. The summed E-state index contributed by atoms with van der Waals surface area (Å²) in [7, 11) is 1.56. The molecule has 0 aliphatic carbocycles. The van der Waals surface area contributed by atoms with Crippen LogP contribution in [0.1, 0.15) is 32.1 Å². The van der Waals surface area contributed by atoms with Crippen LogP contribution in [0.5, 0.6) is 0 Å². The molecule has 27 heavy (non-hydrogen) atoms. The highest BCUT2D eigenvalue weighted by atomic mass is 19.1. The third kappa shape index (κ3) is 2.68. The van der Waals surface area contributed by atoms with Crippen LogP contribution in [0, 0.1) is 5.82 Å². The van der Waals surface area contributed by atoms with E-state index in [-0.39, 0.29) is 34.8 Å². The van der Waals surface area contributed by atoms with Crippen LogP contribution in [0.15, 0.2) is 44.5 Å². The first-order chi connectivity index (χ1) is 12.7. The molecule has 3 heterocycles. The van der Waals surface area contributed by atoms with Crippen molar-refractivity contribution in [3.05, 3.63) is 68.4 Å². The molecule has 0 unspecified atom stereocenters. The molecule has 0 spiro atoms. The molecule has 0 bridgehead atoms. The van der Waals surface area contributed by atoms with Crippen molar-refractivity contribution >= 4 is 17.0 Å². The normalized spacial score (nSPS) is 12.3. The monoisotopic (exact) mass is 370 g/mol. The second kappa shape index (κ2) is 5.67. The number of hydrogen-bond donors (Lipinski definition) is 0. The molecule has 1 aromatic carbocycles. The topological polar surface area (TPSA) is 74.4 Å². The summed E-state index contributed by atoms with van der Waals surface area (Å²) in [6.45, 7) is 6.03. The van der Waals surface area contributed by atoms with Crippen LogP contribution in [-0.2, 0) is 19.0 Å². The molecule has 0 saturated heterocycles. The minimum atomic E-state index is -0.492. The SMILES string of the molecule is Cn1c(=O)n(Cc2ccc(F)cc2)c(=O)c2c1nc1oc(C(C)(C)C)cn12. The van der Waals surface area contributed by atoms with Crippen molar-refractivity contribution in [3.8, 4) is 0 Å². The number of hydrogen-bond acceptors (Lipinski definition) is 4. The second-order valence-corrected chi connectivity index (χ2v) is 7.64. The van der Waals surface area contributed by atoms with Crippen LogP contribution in [0.4, 0.5) is 4.39 Å². The molecule has 8 heteroatoms. The first kappa shape index (κ1) is 17.3. The first-order valence-electron chi connectivity index (χ1n) is 8.53. The van der Waals surface area contributed by atoms with Crippen molar-refractivity contribution in [3.63, 3.8) is 0 Å². The summed E-state index contributed by atoms with van der Waals surface area (Å²) in [4.78, 5) is 30.1. The van der Waals surface area contributed by atoms with Crippen molar-refractivity contribution in [1.29, 1.82) is 0 Å². The maximum atomic E-state index is 13.1. The zero-order valence-corrected chi connectivity index (χ0v) is 15.5. The van der Waals surface area contributed by atoms with Gasteiger partial charge in [-0.1, -0.05) is 32.9 Å². The summed E-state index contributed by atoms with van der Waals surface area (Å²) in [6, 6.07) is 5.69. The zero-order chi connectivity index (χ0) is 19.5. The Bertz CT molecular complexity index is 1280. The summed E-state index contributed by atoms with van der Waals surface area (Å²) < 4.78 is 22.9. The predicted octanol–water partition coefficient (Wildman–Crippen LogP) is 2.43. The molecule has 0 N–H and O–H groups in total. The van der Waals surface area contributed by atoms with Gasteiger partial charge in [0.25, 0.3) is 5.56 Å². The van der Waals surface area contributed by atoms with Crippen LogP contribution in [0.3, 0.4) is 0 Å². The Balaban J connectivity index is 1.98.